The van der Waals surface area contributed by atoms with Crippen molar-refractivity contribution in [1.82, 2.24) is 9.78 Å². The second-order valence-electron chi connectivity index (χ2n) is 5.14. The number of aldehydes is 1. The zero-order chi connectivity index (χ0) is 15.9. The van der Waals surface area contributed by atoms with Crippen molar-refractivity contribution in [1.29, 1.82) is 0 Å². The highest BCUT2D eigenvalue weighted by Crippen LogP contribution is 2.25. The molecule has 1 aromatic heterocycles. The number of benzene rings is 2. The van der Waals surface area contributed by atoms with Crippen molar-refractivity contribution in [2.24, 2.45) is 0 Å². The fourth-order valence-corrected chi connectivity index (χ4v) is 2.40. The fourth-order valence-electron chi connectivity index (χ4n) is 2.40. The molecule has 3 aromatic rings. The Hall–Kier alpha value is -3.02. The number of nitro groups is 1. The summed E-state index contributed by atoms with van der Waals surface area (Å²) >= 11 is 0. The largest absolute Gasteiger partial charge is 0.296 e. The van der Waals surface area contributed by atoms with E-state index in [2.05, 4.69) is 5.10 Å². The van der Waals surface area contributed by atoms with Gasteiger partial charge >= 0.3 is 0 Å². The minimum Gasteiger partial charge on any atom is -0.296 e. The number of rotatable bonds is 3. The molecule has 0 radical (unpaired) electrons. The maximum Gasteiger partial charge on any atom is 0.269 e. The first-order valence-electron chi connectivity index (χ1n) is 6.71. The number of nitro benzene ring substituents is 1. The van der Waals surface area contributed by atoms with Crippen molar-refractivity contribution in [2.45, 2.75) is 13.8 Å². The Morgan fingerprint density at radius 1 is 1.14 bits per heavy atom. The van der Waals surface area contributed by atoms with Gasteiger partial charge in [0, 0.05) is 17.5 Å². The molecule has 0 aliphatic carbocycles. The Morgan fingerprint density at radius 2 is 1.77 bits per heavy atom. The summed E-state index contributed by atoms with van der Waals surface area (Å²) < 4.78 is 1.63. The number of carbonyl (C=O) groups is 1. The molecular weight excluding hydrogens is 282 g/mol. The Bertz CT molecular complexity index is 895. The van der Waals surface area contributed by atoms with E-state index in [1.807, 2.05) is 26.0 Å². The first kappa shape index (κ1) is 13.9. The summed E-state index contributed by atoms with van der Waals surface area (Å²) in [6.07, 6.45) is 0.721. The number of aryl methyl sites for hydroxylation is 2. The third-order valence-corrected chi connectivity index (χ3v) is 3.74. The molecule has 6 heteroatoms. The van der Waals surface area contributed by atoms with Gasteiger partial charge in [-0.3, -0.25) is 14.9 Å². The molecule has 0 atom stereocenters. The van der Waals surface area contributed by atoms with Crippen LogP contribution in [0.1, 0.15) is 21.6 Å². The van der Waals surface area contributed by atoms with Crippen LogP contribution in [-0.2, 0) is 0 Å². The lowest BCUT2D eigenvalue weighted by atomic mass is 10.1. The minimum absolute atomic E-state index is 0.0165. The second-order valence-corrected chi connectivity index (χ2v) is 5.14. The molecule has 3 rings (SSSR count). The second kappa shape index (κ2) is 5.07. The van der Waals surface area contributed by atoms with Crippen LogP contribution in [0.3, 0.4) is 0 Å². The molecule has 0 saturated heterocycles. The number of non-ortho nitro benzene ring substituents is 1. The zero-order valence-corrected chi connectivity index (χ0v) is 12.1. The van der Waals surface area contributed by atoms with Crippen LogP contribution in [0.5, 0.6) is 0 Å². The summed E-state index contributed by atoms with van der Waals surface area (Å²) in [4.78, 5) is 21.5. The maximum atomic E-state index is 11.2. The van der Waals surface area contributed by atoms with Crippen LogP contribution >= 0.6 is 0 Å². The summed E-state index contributed by atoms with van der Waals surface area (Å²) in [5.41, 5.74) is 4.03. The molecule has 0 fully saturated rings. The minimum atomic E-state index is -0.449. The third-order valence-electron chi connectivity index (χ3n) is 3.74. The lowest BCUT2D eigenvalue weighted by Gasteiger charge is -2.05. The van der Waals surface area contributed by atoms with Crippen LogP contribution in [0.15, 0.2) is 36.4 Å². The molecule has 0 unspecified atom stereocenters. The van der Waals surface area contributed by atoms with Gasteiger partial charge in [0.25, 0.3) is 5.69 Å². The smallest absolute Gasteiger partial charge is 0.269 e. The predicted molar refractivity (Wildman–Crippen MR) is 82.6 cm³/mol. The quantitative estimate of drug-likeness (QED) is 0.421. The molecule has 0 saturated carbocycles. The molecule has 0 spiro atoms. The van der Waals surface area contributed by atoms with Crippen LogP contribution < -0.4 is 0 Å². The van der Waals surface area contributed by atoms with Crippen LogP contribution in [-0.4, -0.2) is 21.0 Å². The summed E-state index contributed by atoms with van der Waals surface area (Å²) in [5, 5.41) is 15.8. The van der Waals surface area contributed by atoms with Gasteiger partial charge in [-0.05, 0) is 49.2 Å². The Morgan fingerprint density at radius 3 is 2.36 bits per heavy atom. The van der Waals surface area contributed by atoms with E-state index in [4.69, 9.17) is 0 Å². The summed E-state index contributed by atoms with van der Waals surface area (Å²) in [7, 11) is 0. The molecule has 1 heterocycles. The molecular formula is C16H13N3O3. The van der Waals surface area contributed by atoms with Crippen molar-refractivity contribution >= 4 is 22.9 Å². The van der Waals surface area contributed by atoms with Crippen LogP contribution in [0, 0.1) is 24.0 Å². The summed E-state index contributed by atoms with van der Waals surface area (Å²) in [6, 6.07) is 9.98. The average molecular weight is 295 g/mol. The van der Waals surface area contributed by atoms with E-state index in [9.17, 15) is 14.9 Å². The van der Waals surface area contributed by atoms with Gasteiger partial charge in [-0.25, -0.2) is 4.68 Å². The van der Waals surface area contributed by atoms with Crippen molar-refractivity contribution in [3.05, 3.63) is 63.3 Å². The monoisotopic (exact) mass is 295 g/mol. The Labute approximate surface area is 126 Å². The number of fused-ring (bicyclic) bond motifs is 1. The highest BCUT2D eigenvalue weighted by Gasteiger charge is 2.13. The topological polar surface area (TPSA) is 78.0 Å². The molecule has 6 nitrogen and oxygen atoms in total. The van der Waals surface area contributed by atoms with Gasteiger partial charge in [-0.2, -0.15) is 5.10 Å². The van der Waals surface area contributed by atoms with Gasteiger partial charge in [0.2, 0.25) is 0 Å². The fraction of sp³-hybridized carbons (Fsp3) is 0.125. The van der Waals surface area contributed by atoms with Crippen LogP contribution in [0.4, 0.5) is 5.69 Å². The van der Waals surface area contributed by atoms with E-state index < -0.39 is 4.92 Å². The first-order chi connectivity index (χ1) is 10.5. The van der Waals surface area contributed by atoms with Gasteiger partial charge < -0.3 is 0 Å². The van der Waals surface area contributed by atoms with Crippen molar-refractivity contribution < 1.29 is 9.72 Å². The van der Waals surface area contributed by atoms with E-state index in [1.165, 1.54) is 12.1 Å². The standard InChI is InChI=1S/C16H13N3O3/c1-10-7-14-15(9-20)17-18(16(14)8-11(10)2)12-3-5-13(6-4-12)19(21)22/h3-9H,1-2H3. The van der Waals surface area contributed by atoms with E-state index >= 15 is 0 Å². The van der Waals surface area contributed by atoms with E-state index in [0.29, 0.717) is 11.4 Å². The van der Waals surface area contributed by atoms with Gasteiger partial charge in [-0.1, -0.05) is 0 Å². The number of aromatic nitrogens is 2. The van der Waals surface area contributed by atoms with E-state index in [-0.39, 0.29) is 5.69 Å². The van der Waals surface area contributed by atoms with Crippen LogP contribution in [0.25, 0.3) is 16.6 Å². The highest BCUT2D eigenvalue weighted by atomic mass is 16.6. The van der Waals surface area contributed by atoms with Crippen molar-refractivity contribution in [3.8, 4) is 5.69 Å². The average Bonchev–Trinajstić information content (AvgIpc) is 2.85. The SMILES string of the molecule is Cc1cc2c(C=O)nn(-c3ccc([N+](=O)[O-])cc3)c2cc1C. The molecule has 110 valence electrons. The highest BCUT2D eigenvalue weighted by molar-refractivity contribution is 5.96. The third kappa shape index (κ3) is 2.14. The lowest BCUT2D eigenvalue weighted by molar-refractivity contribution is -0.384. The molecule has 0 aliphatic rings. The predicted octanol–water partition coefficient (Wildman–Crippen LogP) is 3.36. The number of hydrogen-bond acceptors (Lipinski definition) is 4. The van der Waals surface area contributed by atoms with E-state index in [0.717, 1.165) is 28.3 Å². The molecule has 0 N–H and O–H groups in total. The summed E-state index contributed by atoms with van der Waals surface area (Å²) in [6.45, 7) is 3.97. The lowest BCUT2D eigenvalue weighted by Crippen LogP contribution is -1.98. The van der Waals surface area contributed by atoms with Crippen LogP contribution in [0.2, 0.25) is 0 Å². The number of nitrogens with zero attached hydrogens (tertiary/aromatic N) is 3. The van der Waals surface area contributed by atoms with Gasteiger partial charge in [0.05, 0.1) is 16.1 Å². The molecule has 0 aliphatic heterocycles. The van der Waals surface area contributed by atoms with Crippen molar-refractivity contribution in [3.63, 3.8) is 0 Å². The molecule has 22 heavy (non-hydrogen) atoms. The molecule has 0 bridgehead atoms. The first-order valence-corrected chi connectivity index (χ1v) is 6.71. The van der Waals surface area contributed by atoms with Gasteiger partial charge in [0.1, 0.15) is 5.69 Å². The van der Waals surface area contributed by atoms with Gasteiger partial charge in [-0.15, -0.1) is 0 Å². The molecule has 0 amide bonds. The normalized spacial score (nSPS) is 10.8. The Kier molecular flexibility index (Phi) is 3.21. The number of hydrogen-bond donors (Lipinski definition) is 0. The Balaban J connectivity index is 2.24. The van der Waals surface area contributed by atoms with Crippen molar-refractivity contribution in [2.75, 3.05) is 0 Å². The zero-order valence-electron chi connectivity index (χ0n) is 12.1. The van der Waals surface area contributed by atoms with Gasteiger partial charge in [0.15, 0.2) is 6.29 Å². The molecule has 2 aromatic carbocycles. The summed E-state index contributed by atoms with van der Waals surface area (Å²) in [5.74, 6) is 0. The number of carbonyl (C=O) groups excluding carboxylic acids is 1. The van der Waals surface area contributed by atoms with E-state index in [1.54, 1.807) is 16.8 Å². The maximum absolute atomic E-state index is 11.2.